The molecule has 0 spiro atoms. The Kier molecular flexibility index (Phi) is 5.41. The van der Waals surface area contributed by atoms with E-state index < -0.39 is 0 Å². The lowest BCUT2D eigenvalue weighted by atomic mass is 9.87. The fourth-order valence-corrected chi connectivity index (χ4v) is 2.85. The molecule has 1 aromatic heterocycles. The molecule has 1 saturated heterocycles. The Morgan fingerprint density at radius 3 is 2.50 bits per heavy atom. The fraction of sp³-hybridized carbons (Fsp3) is 0.706. The second-order valence-electron chi connectivity index (χ2n) is 6.59. The molecule has 0 aliphatic carbocycles. The van der Waals surface area contributed by atoms with Gasteiger partial charge in [-0.3, -0.25) is 0 Å². The predicted octanol–water partition coefficient (Wildman–Crippen LogP) is 3.45. The van der Waals surface area contributed by atoms with Gasteiger partial charge >= 0.3 is 0 Å². The topological polar surface area (TPSA) is 28.2 Å². The number of aromatic nitrogens is 1. The summed E-state index contributed by atoms with van der Waals surface area (Å²) >= 11 is 0. The van der Waals surface area contributed by atoms with Crippen LogP contribution in [0, 0.1) is 11.8 Å². The molecule has 0 saturated carbocycles. The number of hydrogen-bond donors (Lipinski definition) is 1. The molecule has 2 heterocycles. The van der Waals surface area contributed by atoms with E-state index in [1.165, 1.54) is 12.8 Å². The summed E-state index contributed by atoms with van der Waals surface area (Å²) < 4.78 is 0. The van der Waals surface area contributed by atoms with Gasteiger partial charge in [-0.25, -0.2) is 4.98 Å². The van der Waals surface area contributed by atoms with Crippen molar-refractivity contribution in [3.8, 4) is 0 Å². The van der Waals surface area contributed by atoms with Gasteiger partial charge in [-0.05, 0) is 36.8 Å². The predicted molar refractivity (Wildman–Crippen MR) is 86.0 cm³/mol. The molecule has 0 aromatic carbocycles. The van der Waals surface area contributed by atoms with E-state index >= 15 is 0 Å². The van der Waals surface area contributed by atoms with Gasteiger partial charge in [0, 0.05) is 25.7 Å². The maximum atomic E-state index is 4.80. The first-order valence-electron chi connectivity index (χ1n) is 8.00. The third-order valence-corrected chi connectivity index (χ3v) is 4.29. The van der Waals surface area contributed by atoms with Crippen LogP contribution >= 0.6 is 0 Å². The quantitative estimate of drug-likeness (QED) is 0.892. The molecule has 112 valence electrons. The Labute approximate surface area is 123 Å². The highest BCUT2D eigenvalue weighted by atomic mass is 15.2. The van der Waals surface area contributed by atoms with Crippen molar-refractivity contribution in [3.63, 3.8) is 0 Å². The van der Waals surface area contributed by atoms with Crippen LogP contribution in [0.4, 0.5) is 5.82 Å². The number of nitrogens with one attached hydrogen (secondary N) is 1. The Morgan fingerprint density at radius 2 is 1.90 bits per heavy atom. The Hall–Kier alpha value is -1.09. The van der Waals surface area contributed by atoms with Crippen LogP contribution < -0.4 is 10.2 Å². The summed E-state index contributed by atoms with van der Waals surface area (Å²) in [5.74, 6) is 2.85. The van der Waals surface area contributed by atoms with Crippen molar-refractivity contribution in [1.29, 1.82) is 0 Å². The monoisotopic (exact) mass is 275 g/mol. The molecule has 3 nitrogen and oxygen atoms in total. The molecule has 1 N–H and O–H groups in total. The Morgan fingerprint density at radius 1 is 1.20 bits per heavy atom. The molecule has 1 aliphatic heterocycles. The molecular weight excluding hydrogens is 246 g/mol. The number of piperidine rings is 1. The number of hydrogen-bond acceptors (Lipinski definition) is 3. The van der Waals surface area contributed by atoms with Gasteiger partial charge in [0.2, 0.25) is 0 Å². The highest BCUT2D eigenvalue weighted by Crippen LogP contribution is 2.26. The van der Waals surface area contributed by atoms with E-state index in [4.69, 9.17) is 4.98 Å². The van der Waals surface area contributed by atoms with Crippen LogP contribution in [0.15, 0.2) is 18.2 Å². The van der Waals surface area contributed by atoms with Gasteiger partial charge in [0.15, 0.2) is 0 Å². The maximum absolute atomic E-state index is 4.80. The molecule has 1 aliphatic rings. The lowest BCUT2D eigenvalue weighted by Gasteiger charge is -2.34. The molecule has 1 fully saturated rings. The van der Waals surface area contributed by atoms with E-state index in [2.05, 4.69) is 56.1 Å². The standard InChI is InChI=1S/C17H29N3/c1-13(2)15-8-10-20(11-9-15)17-7-5-6-16(19-17)12-18-14(3)4/h5-7,13-15,18H,8-12H2,1-4H3. The third-order valence-electron chi connectivity index (χ3n) is 4.29. The van der Waals surface area contributed by atoms with Crippen molar-refractivity contribution in [3.05, 3.63) is 23.9 Å². The number of nitrogens with zero attached hydrogens (tertiary/aromatic N) is 2. The van der Waals surface area contributed by atoms with Gasteiger partial charge in [0.25, 0.3) is 0 Å². The lowest BCUT2D eigenvalue weighted by Crippen LogP contribution is -2.36. The summed E-state index contributed by atoms with van der Waals surface area (Å²) in [5.41, 5.74) is 1.14. The smallest absolute Gasteiger partial charge is 0.128 e. The van der Waals surface area contributed by atoms with Crippen molar-refractivity contribution >= 4 is 5.82 Å². The van der Waals surface area contributed by atoms with E-state index in [-0.39, 0.29) is 0 Å². The van der Waals surface area contributed by atoms with Crippen LogP contribution in [-0.4, -0.2) is 24.1 Å². The minimum absolute atomic E-state index is 0.502. The molecule has 0 atom stereocenters. The van der Waals surface area contributed by atoms with Crippen LogP contribution in [0.1, 0.15) is 46.2 Å². The molecule has 0 unspecified atom stereocenters. The van der Waals surface area contributed by atoms with Gasteiger partial charge in [-0.2, -0.15) is 0 Å². The van der Waals surface area contributed by atoms with Gasteiger partial charge in [-0.1, -0.05) is 33.8 Å². The fourth-order valence-electron chi connectivity index (χ4n) is 2.85. The summed E-state index contributed by atoms with van der Waals surface area (Å²) in [6.07, 6.45) is 2.60. The average molecular weight is 275 g/mol. The summed E-state index contributed by atoms with van der Waals surface area (Å²) in [5, 5.41) is 3.43. The van der Waals surface area contributed by atoms with Crippen LogP contribution in [0.2, 0.25) is 0 Å². The zero-order valence-electron chi connectivity index (χ0n) is 13.4. The molecular formula is C17H29N3. The van der Waals surface area contributed by atoms with Crippen molar-refractivity contribution in [1.82, 2.24) is 10.3 Å². The highest BCUT2D eigenvalue weighted by Gasteiger charge is 2.22. The molecule has 2 rings (SSSR count). The molecule has 0 bridgehead atoms. The summed E-state index contributed by atoms with van der Waals surface area (Å²) in [4.78, 5) is 7.24. The van der Waals surface area contributed by atoms with E-state index in [1.54, 1.807) is 0 Å². The lowest BCUT2D eigenvalue weighted by molar-refractivity contribution is 0.310. The van der Waals surface area contributed by atoms with Crippen molar-refractivity contribution in [2.45, 2.75) is 53.1 Å². The highest BCUT2D eigenvalue weighted by molar-refractivity contribution is 5.39. The second-order valence-corrected chi connectivity index (χ2v) is 6.59. The van der Waals surface area contributed by atoms with Crippen LogP contribution in [0.5, 0.6) is 0 Å². The zero-order chi connectivity index (χ0) is 14.5. The van der Waals surface area contributed by atoms with Gasteiger partial charge in [0.1, 0.15) is 5.82 Å². The molecule has 1 aromatic rings. The minimum Gasteiger partial charge on any atom is -0.357 e. The first kappa shape index (κ1) is 15.3. The number of pyridine rings is 1. The van der Waals surface area contributed by atoms with Crippen molar-refractivity contribution < 1.29 is 0 Å². The summed E-state index contributed by atoms with van der Waals surface area (Å²) in [6, 6.07) is 6.89. The van der Waals surface area contributed by atoms with Crippen LogP contribution in [0.25, 0.3) is 0 Å². The van der Waals surface area contributed by atoms with Crippen molar-refractivity contribution in [2.75, 3.05) is 18.0 Å². The Balaban J connectivity index is 1.94. The van der Waals surface area contributed by atoms with E-state index in [1.807, 2.05) is 0 Å². The number of rotatable bonds is 5. The SMILES string of the molecule is CC(C)NCc1cccc(N2CCC(C(C)C)CC2)n1. The van der Waals surface area contributed by atoms with Crippen LogP contribution in [-0.2, 0) is 6.54 Å². The van der Waals surface area contributed by atoms with Gasteiger partial charge in [-0.15, -0.1) is 0 Å². The van der Waals surface area contributed by atoms with Crippen molar-refractivity contribution in [2.24, 2.45) is 11.8 Å². The Bertz CT molecular complexity index is 406. The van der Waals surface area contributed by atoms with E-state index in [0.717, 1.165) is 43.0 Å². The van der Waals surface area contributed by atoms with E-state index in [0.29, 0.717) is 6.04 Å². The summed E-state index contributed by atoms with van der Waals surface area (Å²) in [6.45, 7) is 12.2. The molecule has 0 radical (unpaired) electrons. The van der Waals surface area contributed by atoms with E-state index in [9.17, 15) is 0 Å². The van der Waals surface area contributed by atoms with Gasteiger partial charge in [0.05, 0.1) is 5.69 Å². The zero-order valence-corrected chi connectivity index (χ0v) is 13.4. The molecule has 0 amide bonds. The first-order valence-corrected chi connectivity index (χ1v) is 8.00. The average Bonchev–Trinajstić information content (AvgIpc) is 2.45. The van der Waals surface area contributed by atoms with Crippen LogP contribution in [0.3, 0.4) is 0 Å². The largest absolute Gasteiger partial charge is 0.357 e. The maximum Gasteiger partial charge on any atom is 0.128 e. The second kappa shape index (κ2) is 7.07. The normalized spacial score (nSPS) is 17.2. The third kappa shape index (κ3) is 4.20. The first-order chi connectivity index (χ1) is 9.56. The minimum atomic E-state index is 0.502. The molecule has 20 heavy (non-hydrogen) atoms. The molecule has 3 heteroatoms. The number of anilines is 1. The van der Waals surface area contributed by atoms with Gasteiger partial charge < -0.3 is 10.2 Å². The summed E-state index contributed by atoms with van der Waals surface area (Å²) in [7, 11) is 0.